The van der Waals surface area contributed by atoms with E-state index in [-0.39, 0.29) is 5.54 Å². The summed E-state index contributed by atoms with van der Waals surface area (Å²) in [6, 6.07) is 10.4. The molecule has 1 nitrogen and oxygen atoms in total. The molecule has 0 amide bonds. The molecule has 0 aliphatic carbocycles. The number of rotatable bonds is 3. The van der Waals surface area contributed by atoms with Crippen LogP contribution in [0.1, 0.15) is 26.3 Å². The molecular formula is C12H19N. The second-order valence-electron chi connectivity index (χ2n) is 4.32. The van der Waals surface area contributed by atoms with Gasteiger partial charge in [0.25, 0.3) is 0 Å². The first-order chi connectivity index (χ1) is 6.02. The fourth-order valence-electron chi connectivity index (χ4n) is 1.24. The Bertz CT molecular complexity index is 249. The van der Waals surface area contributed by atoms with Crippen molar-refractivity contribution in [2.75, 3.05) is 0 Å². The van der Waals surface area contributed by atoms with Gasteiger partial charge in [0, 0.05) is 5.54 Å². The summed E-state index contributed by atoms with van der Waals surface area (Å²) in [5, 5.41) is 0. The monoisotopic (exact) mass is 177 g/mol. The van der Waals surface area contributed by atoms with Gasteiger partial charge in [-0.25, -0.2) is 0 Å². The SMILES string of the molecule is CC(C)C(C)(N)Cc1ccccc1. The maximum absolute atomic E-state index is 6.19. The predicted octanol–water partition coefficient (Wildman–Crippen LogP) is 2.60. The Morgan fingerprint density at radius 3 is 2.23 bits per heavy atom. The van der Waals surface area contributed by atoms with Crippen molar-refractivity contribution in [3.63, 3.8) is 0 Å². The minimum atomic E-state index is -0.0959. The third-order valence-corrected chi connectivity index (χ3v) is 2.75. The lowest BCUT2D eigenvalue weighted by molar-refractivity contribution is 0.338. The number of hydrogen-bond donors (Lipinski definition) is 1. The van der Waals surface area contributed by atoms with Crippen molar-refractivity contribution in [2.45, 2.75) is 32.7 Å². The molecule has 0 aliphatic rings. The zero-order valence-electron chi connectivity index (χ0n) is 8.75. The molecule has 1 rings (SSSR count). The fourth-order valence-corrected chi connectivity index (χ4v) is 1.24. The van der Waals surface area contributed by atoms with Gasteiger partial charge in [0.15, 0.2) is 0 Å². The normalized spacial score (nSPS) is 15.8. The molecule has 72 valence electrons. The second kappa shape index (κ2) is 3.93. The quantitative estimate of drug-likeness (QED) is 0.754. The Labute approximate surface area is 81.0 Å². The Hall–Kier alpha value is -0.820. The van der Waals surface area contributed by atoms with E-state index in [4.69, 9.17) is 5.73 Å². The first kappa shape index (κ1) is 10.3. The van der Waals surface area contributed by atoms with Crippen LogP contribution < -0.4 is 5.73 Å². The summed E-state index contributed by atoms with van der Waals surface area (Å²) in [4.78, 5) is 0. The Kier molecular flexibility index (Phi) is 3.10. The lowest BCUT2D eigenvalue weighted by atomic mass is 9.84. The zero-order chi connectivity index (χ0) is 9.90. The van der Waals surface area contributed by atoms with Crippen molar-refractivity contribution in [1.29, 1.82) is 0 Å². The van der Waals surface area contributed by atoms with Gasteiger partial charge in [0.1, 0.15) is 0 Å². The maximum atomic E-state index is 6.19. The van der Waals surface area contributed by atoms with Gasteiger partial charge in [-0.15, -0.1) is 0 Å². The van der Waals surface area contributed by atoms with Crippen LogP contribution in [0.2, 0.25) is 0 Å². The molecule has 13 heavy (non-hydrogen) atoms. The lowest BCUT2D eigenvalue weighted by Crippen LogP contribution is -2.43. The van der Waals surface area contributed by atoms with Crippen LogP contribution in [-0.2, 0) is 6.42 Å². The molecule has 0 aliphatic heterocycles. The summed E-state index contributed by atoms with van der Waals surface area (Å²) in [6.45, 7) is 6.45. The number of benzene rings is 1. The average Bonchev–Trinajstić information content (AvgIpc) is 2.05. The summed E-state index contributed by atoms with van der Waals surface area (Å²) in [5.41, 5.74) is 7.42. The smallest absolute Gasteiger partial charge is 0.0189 e. The van der Waals surface area contributed by atoms with Crippen molar-refractivity contribution in [1.82, 2.24) is 0 Å². The van der Waals surface area contributed by atoms with Gasteiger partial charge in [-0.05, 0) is 24.8 Å². The van der Waals surface area contributed by atoms with E-state index in [9.17, 15) is 0 Å². The van der Waals surface area contributed by atoms with Gasteiger partial charge in [-0.2, -0.15) is 0 Å². The molecule has 2 N–H and O–H groups in total. The van der Waals surface area contributed by atoms with Gasteiger partial charge >= 0.3 is 0 Å². The summed E-state index contributed by atoms with van der Waals surface area (Å²) in [5.74, 6) is 0.507. The van der Waals surface area contributed by atoms with Gasteiger partial charge in [0.05, 0.1) is 0 Å². The minimum Gasteiger partial charge on any atom is -0.325 e. The molecule has 0 saturated heterocycles. The molecule has 0 aromatic heterocycles. The topological polar surface area (TPSA) is 26.0 Å². The van der Waals surface area contributed by atoms with E-state index in [1.54, 1.807) is 0 Å². The van der Waals surface area contributed by atoms with Crippen molar-refractivity contribution in [3.8, 4) is 0 Å². The van der Waals surface area contributed by atoms with Crippen LogP contribution in [0, 0.1) is 5.92 Å². The van der Waals surface area contributed by atoms with Crippen molar-refractivity contribution in [2.24, 2.45) is 11.7 Å². The highest BCUT2D eigenvalue weighted by Crippen LogP contribution is 2.18. The van der Waals surface area contributed by atoms with Crippen LogP contribution in [0.4, 0.5) is 0 Å². The van der Waals surface area contributed by atoms with E-state index < -0.39 is 0 Å². The number of nitrogens with two attached hydrogens (primary N) is 1. The number of hydrogen-bond acceptors (Lipinski definition) is 1. The molecule has 1 unspecified atom stereocenters. The Morgan fingerprint density at radius 2 is 1.77 bits per heavy atom. The largest absolute Gasteiger partial charge is 0.325 e. The second-order valence-corrected chi connectivity index (χ2v) is 4.32. The van der Waals surface area contributed by atoms with Gasteiger partial charge in [-0.3, -0.25) is 0 Å². The third kappa shape index (κ3) is 2.85. The molecule has 0 radical (unpaired) electrons. The van der Waals surface area contributed by atoms with E-state index in [2.05, 4.69) is 45.0 Å². The summed E-state index contributed by atoms with van der Waals surface area (Å²) in [6.07, 6.45) is 0.950. The molecule has 1 aromatic carbocycles. The van der Waals surface area contributed by atoms with Crippen LogP contribution in [0.25, 0.3) is 0 Å². The third-order valence-electron chi connectivity index (χ3n) is 2.75. The van der Waals surface area contributed by atoms with E-state index in [0.717, 1.165) is 6.42 Å². The Morgan fingerprint density at radius 1 is 1.23 bits per heavy atom. The standard InChI is InChI=1S/C12H19N/c1-10(2)12(3,13)9-11-7-5-4-6-8-11/h4-8,10H,9,13H2,1-3H3. The molecule has 0 bridgehead atoms. The van der Waals surface area contributed by atoms with Crippen molar-refractivity contribution >= 4 is 0 Å². The van der Waals surface area contributed by atoms with Crippen LogP contribution in [0.15, 0.2) is 30.3 Å². The first-order valence-corrected chi connectivity index (χ1v) is 4.85. The van der Waals surface area contributed by atoms with Crippen LogP contribution in [0.3, 0.4) is 0 Å². The molecular weight excluding hydrogens is 158 g/mol. The van der Waals surface area contributed by atoms with Crippen molar-refractivity contribution < 1.29 is 0 Å². The highest BCUT2D eigenvalue weighted by molar-refractivity contribution is 5.17. The molecule has 0 heterocycles. The first-order valence-electron chi connectivity index (χ1n) is 4.85. The lowest BCUT2D eigenvalue weighted by Gasteiger charge is -2.29. The van der Waals surface area contributed by atoms with Crippen LogP contribution in [-0.4, -0.2) is 5.54 Å². The summed E-state index contributed by atoms with van der Waals surface area (Å²) < 4.78 is 0. The van der Waals surface area contributed by atoms with E-state index >= 15 is 0 Å². The molecule has 0 fully saturated rings. The zero-order valence-corrected chi connectivity index (χ0v) is 8.75. The molecule has 1 aromatic rings. The van der Waals surface area contributed by atoms with E-state index in [1.165, 1.54) is 5.56 Å². The van der Waals surface area contributed by atoms with Crippen LogP contribution in [0.5, 0.6) is 0 Å². The van der Waals surface area contributed by atoms with Crippen molar-refractivity contribution in [3.05, 3.63) is 35.9 Å². The van der Waals surface area contributed by atoms with Crippen LogP contribution >= 0.6 is 0 Å². The Balaban J connectivity index is 2.69. The average molecular weight is 177 g/mol. The van der Waals surface area contributed by atoms with Gasteiger partial charge in [0.2, 0.25) is 0 Å². The molecule has 0 spiro atoms. The van der Waals surface area contributed by atoms with Gasteiger partial charge < -0.3 is 5.73 Å². The van der Waals surface area contributed by atoms with E-state index in [1.807, 2.05) is 6.07 Å². The highest BCUT2D eigenvalue weighted by atomic mass is 14.7. The minimum absolute atomic E-state index is 0.0959. The summed E-state index contributed by atoms with van der Waals surface area (Å²) in [7, 11) is 0. The molecule has 1 atom stereocenters. The maximum Gasteiger partial charge on any atom is 0.0189 e. The van der Waals surface area contributed by atoms with Gasteiger partial charge in [-0.1, -0.05) is 44.2 Å². The molecule has 1 heteroatoms. The van der Waals surface area contributed by atoms with E-state index in [0.29, 0.717) is 5.92 Å². The molecule has 0 saturated carbocycles. The highest BCUT2D eigenvalue weighted by Gasteiger charge is 2.22. The predicted molar refractivity (Wildman–Crippen MR) is 57.6 cm³/mol. The fraction of sp³-hybridized carbons (Fsp3) is 0.500. The summed E-state index contributed by atoms with van der Waals surface area (Å²) >= 11 is 0.